The first-order valence-corrected chi connectivity index (χ1v) is 14.8. The second-order valence-corrected chi connectivity index (χ2v) is 12.7. The molecular weight excluding hydrogens is 571 g/mol. The largest absolute Gasteiger partial charge is 2.00 e. The Morgan fingerprint density at radius 1 is 0.297 bits per heavy atom. The van der Waals surface area contributed by atoms with Crippen LogP contribution in [0.15, 0.2) is 121 Å². The van der Waals surface area contributed by atoms with Crippen LogP contribution in [0.4, 0.5) is 0 Å². The van der Waals surface area contributed by atoms with Crippen LogP contribution in [-0.4, -0.2) is 0 Å². The molecule has 0 atom stereocenters. The van der Waals surface area contributed by atoms with E-state index in [-0.39, 0.29) is 19.5 Å². The molecule has 0 unspecified atom stereocenters. The van der Waals surface area contributed by atoms with E-state index in [0.29, 0.717) is 0 Å². The number of hydrogen-bond donors (Lipinski definition) is 0. The Hall–Kier alpha value is -1.64. The summed E-state index contributed by atoms with van der Waals surface area (Å²) in [5.41, 5.74) is 2.84. The molecule has 0 bridgehead atoms. The molecule has 0 aliphatic heterocycles. The van der Waals surface area contributed by atoms with Crippen LogP contribution in [0.3, 0.4) is 0 Å². The summed E-state index contributed by atoms with van der Waals surface area (Å²) in [6.45, 7) is 0. The Bertz CT molecular complexity index is 966. The fourth-order valence-corrected chi connectivity index (χ4v) is 8.84. The molecular formula is C34H28P2Ru+2. The third-order valence-electron chi connectivity index (χ3n) is 5.86. The summed E-state index contributed by atoms with van der Waals surface area (Å²) in [6.07, 6.45) is 17.4. The quantitative estimate of drug-likeness (QED) is 0.166. The molecule has 180 valence electrons. The van der Waals surface area contributed by atoms with Crippen molar-refractivity contribution >= 4 is 37.1 Å². The molecule has 0 saturated heterocycles. The molecule has 0 amide bonds. The SMILES string of the molecule is [CH]1[CH][CH][C](P(c2ccccc2)c2ccccc2)[CH]1.[CH]1[CH][CH][C](P(c2ccccc2)c2ccccc2)[CH]1.[Ru+2]. The van der Waals surface area contributed by atoms with Gasteiger partial charge in [0.2, 0.25) is 0 Å². The number of benzene rings is 4. The van der Waals surface area contributed by atoms with Gasteiger partial charge < -0.3 is 0 Å². The van der Waals surface area contributed by atoms with Gasteiger partial charge in [-0.15, -0.1) is 0 Å². The summed E-state index contributed by atoms with van der Waals surface area (Å²) in [4.78, 5) is 0. The fourth-order valence-electron chi connectivity index (χ4n) is 4.23. The number of hydrogen-bond acceptors (Lipinski definition) is 0. The average Bonchev–Trinajstić information content (AvgIpc) is 3.68. The summed E-state index contributed by atoms with van der Waals surface area (Å²) in [5.74, 6) is 0. The zero-order valence-electron chi connectivity index (χ0n) is 20.4. The molecule has 0 nitrogen and oxygen atoms in total. The summed E-state index contributed by atoms with van der Waals surface area (Å²) in [7, 11) is -0.818. The van der Waals surface area contributed by atoms with Crippen LogP contribution in [0.2, 0.25) is 0 Å². The molecule has 4 aromatic rings. The molecule has 0 spiro atoms. The second-order valence-electron chi connectivity index (χ2n) is 8.30. The van der Waals surface area contributed by atoms with E-state index in [1.807, 2.05) is 0 Å². The standard InChI is InChI=1S/2C17H14P.Ru/c2*1-3-9-15(10-4-1)18(17-13-7-8-14-17)16-11-5-2-6-12-16;/h2*1-14H;/q;;+2. The van der Waals surface area contributed by atoms with E-state index in [4.69, 9.17) is 0 Å². The third kappa shape index (κ3) is 7.70. The van der Waals surface area contributed by atoms with Crippen molar-refractivity contribution in [1.82, 2.24) is 0 Å². The van der Waals surface area contributed by atoms with Crippen LogP contribution < -0.4 is 21.2 Å². The van der Waals surface area contributed by atoms with Crippen molar-refractivity contribution in [3.63, 3.8) is 0 Å². The van der Waals surface area contributed by atoms with Gasteiger partial charge >= 0.3 is 19.5 Å². The predicted molar refractivity (Wildman–Crippen MR) is 159 cm³/mol. The zero-order chi connectivity index (χ0) is 24.4. The second kappa shape index (κ2) is 15.1. The van der Waals surface area contributed by atoms with Crippen LogP contribution in [0.1, 0.15) is 0 Å². The third-order valence-corrected chi connectivity index (χ3v) is 10.8. The van der Waals surface area contributed by atoms with Crippen LogP contribution in [0.25, 0.3) is 0 Å². The Balaban J connectivity index is 0.000000168. The van der Waals surface area contributed by atoms with Gasteiger partial charge in [0, 0.05) is 11.3 Å². The van der Waals surface area contributed by atoms with Gasteiger partial charge in [-0.3, -0.25) is 0 Å². The van der Waals surface area contributed by atoms with E-state index in [0.717, 1.165) is 0 Å². The maximum Gasteiger partial charge on any atom is 2.00 e. The van der Waals surface area contributed by atoms with Gasteiger partial charge in [-0.1, -0.05) is 121 Å². The van der Waals surface area contributed by atoms with Crippen LogP contribution in [-0.2, 0) is 19.5 Å². The summed E-state index contributed by atoms with van der Waals surface area (Å²) < 4.78 is 0. The fraction of sp³-hybridized carbons (Fsp3) is 0. The van der Waals surface area contributed by atoms with E-state index in [1.54, 1.807) is 0 Å². The molecule has 4 aromatic carbocycles. The minimum absolute atomic E-state index is 0. The summed E-state index contributed by atoms with van der Waals surface area (Å²) in [6, 6.07) is 43.1. The maximum absolute atomic E-state index is 2.23. The molecule has 2 fully saturated rings. The van der Waals surface area contributed by atoms with Gasteiger partial charge in [0.15, 0.2) is 0 Å². The number of rotatable bonds is 6. The van der Waals surface area contributed by atoms with E-state index in [1.165, 1.54) is 32.5 Å². The molecule has 10 radical (unpaired) electrons. The van der Waals surface area contributed by atoms with E-state index in [9.17, 15) is 0 Å². The van der Waals surface area contributed by atoms with Crippen molar-refractivity contribution in [3.05, 3.63) is 184 Å². The maximum atomic E-state index is 2.23. The van der Waals surface area contributed by atoms with Crippen molar-refractivity contribution in [2.45, 2.75) is 0 Å². The van der Waals surface area contributed by atoms with Crippen molar-refractivity contribution < 1.29 is 19.5 Å². The molecule has 2 aliphatic rings. The molecule has 37 heavy (non-hydrogen) atoms. The van der Waals surface area contributed by atoms with Gasteiger partial charge in [0.05, 0.1) is 0 Å². The summed E-state index contributed by atoms with van der Waals surface area (Å²) >= 11 is 0. The average molecular weight is 600 g/mol. The van der Waals surface area contributed by atoms with Crippen LogP contribution >= 0.6 is 15.8 Å². The minimum Gasteiger partial charge on any atom is -0.0622 e. The smallest absolute Gasteiger partial charge is 0.0622 e. The van der Waals surface area contributed by atoms with Crippen molar-refractivity contribution in [1.29, 1.82) is 0 Å². The minimum atomic E-state index is -0.409. The van der Waals surface area contributed by atoms with E-state index >= 15 is 0 Å². The van der Waals surface area contributed by atoms with Crippen LogP contribution in [0.5, 0.6) is 0 Å². The summed E-state index contributed by atoms with van der Waals surface area (Å²) in [5, 5.41) is 5.63. The Kier molecular flexibility index (Phi) is 11.6. The molecule has 3 heteroatoms. The molecule has 2 saturated carbocycles. The zero-order valence-corrected chi connectivity index (χ0v) is 23.9. The first-order chi connectivity index (χ1) is 17.9. The monoisotopic (exact) mass is 600 g/mol. The van der Waals surface area contributed by atoms with E-state index in [2.05, 4.69) is 173 Å². The molecule has 0 heterocycles. The Morgan fingerprint density at radius 3 is 0.730 bits per heavy atom. The van der Waals surface area contributed by atoms with Gasteiger partial charge in [0.25, 0.3) is 0 Å². The van der Waals surface area contributed by atoms with Gasteiger partial charge in [-0.25, -0.2) is 0 Å². The molecule has 0 N–H and O–H groups in total. The molecule has 6 rings (SSSR count). The topological polar surface area (TPSA) is 0 Å². The van der Waals surface area contributed by atoms with Gasteiger partial charge in [-0.2, -0.15) is 0 Å². The normalized spacial score (nSPS) is 15.8. The van der Waals surface area contributed by atoms with Crippen LogP contribution in [0, 0.1) is 62.7 Å². The predicted octanol–water partition coefficient (Wildman–Crippen LogP) is 6.96. The van der Waals surface area contributed by atoms with Crippen molar-refractivity contribution in [2.75, 3.05) is 0 Å². The van der Waals surface area contributed by atoms with Gasteiger partial charge in [0.1, 0.15) is 0 Å². The van der Waals surface area contributed by atoms with Crippen molar-refractivity contribution in [2.24, 2.45) is 0 Å². The molecule has 2 aliphatic carbocycles. The Morgan fingerprint density at radius 2 is 0.514 bits per heavy atom. The first kappa shape index (κ1) is 28.4. The Labute approximate surface area is 239 Å². The molecule has 0 aromatic heterocycles. The van der Waals surface area contributed by atoms with Crippen molar-refractivity contribution in [3.8, 4) is 0 Å². The first-order valence-electron chi connectivity index (χ1n) is 12.1. The van der Waals surface area contributed by atoms with E-state index < -0.39 is 15.8 Å². The van der Waals surface area contributed by atoms with Gasteiger partial charge in [-0.05, 0) is 88.4 Å².